The van der Waals surface area contributed by atoms with Crippen molar-refractivity contribution in [3.63, 3.8) is 0 Å². The predicted octanol–water partition coefficient (Wildman–Crippen LogP) is 3.54. The highest BCUT2D eigenvalue weighted by molar-refractivity contribution is 8.26. The van der Waals surface area contributed by atoms with Gasteiger partial charge in [-0.05, 0) is 66.3 Å². The zero-order chi connectivity index (χ0) is 21.4. The van der Waals surface area contributed by atoms with Gasteiger partial charge >= 0.3 is 0 Å². The third-order valence-corrected chi connectivity index (χ3v) is 6.93. The van der Waals surface area contributed by atoms with E-state index in [0.717, 1.165) is 24.8 Å². The molecule has 1 N–H and O–H groups in total. The first-order chi connectivity index (χ1) is 15.1. The number of carbonyl (C=O) groups excluding carboxylic acids is 2. The summed E-state index contributed by atoms with van der Waals surface area (Å²) < 4.78 is 11.2. The minimum atomic E-state index is -0.153. The van der Waals surface area contributed by atoms with E-state index in [4.69, 9.17) is 21.7 Å². The van der Waals surface area contributed by atoms with Crippen LogP contribution in [-0.4, -0.2) is 40.9 Å². The van der Waals surface area contributed by atoms with Crippen LogP contribution in [0.2, 0.25) is 0 Å². The lowest BCUT2D eigenvalue weighted by Gasteiger charge is -2.15. The highest BCUT2D eigenvalue weighted by Crippen LogP contribution is 2.36. The van der Waals surface area contributed by atoms with Crippen LogP contribution in [0.5, 0.6) is 11.5 Å². The van der Waals surface area contributed by atoms with Crippen LogP contribution in [0.1, 0.15) is 33.5 Å². The Balaban J connectivity index is 1.20. The van der Waals surface area contributed by atoms with Crippen molar-refractivity contribution >= 4 is 46.2 Å². The highest BCUT2D eigenvalue weighted by atomic mass is 32.2. The first-order valence-corrected chi connectivity index (χ1v) is 11.4. The van der Waals surface area contributed by atoms with Crippen molar-refractivity contribution in [2.24, 2.45) is 0 Å². The van der Waals surface area contributed by atoms with Crippen LogP contribution in [0, 0.1) is 0 Å². The fraction of sp³-hybridized carbons (Fsp3) is 0.261. The number of thiocarbonyl (C=S) groups is 1. The smallest absolute Gasteiger partial charge is 0.266 e. The number of ether oxygens (including phenoxy) is 2. The first kappa shape index (κ1) is 20.1. The number of amides is 2. The number of rotatable bonds is 5. The van der Waals surface area contributed by atoms with Crippen LogP contribution in [0.3, 0.4) is 0 Å². The van der Waals surface area contributed by atoms with Gasteiger partial charge in [0.05, 0.1) is 4.91 Å². The van der Waals surface area contributed by atoms with E-state index in [2.05, 4.69) is 5.32 Å². The van der Waals surface area contributed by atoms with Gasteiger partial charge in [0.15, 0.2) is 11.5 Å². The van der Waals surface area contributed by atoms with E-state index in [1.807, 2.05) is 36.4 Å². The summed E-state index contributed by atoms with van der Waals surface area (Å²) in [4.78, 5) is 27.4. The molecule has 2 aromatic rings. The van der Waals surface area contributed by atoms with Crippen molar-refractivity contribution in [1.82, 2.24) is 10.2 Å². The lowest BCUT2D eigenvalue weighted by molar-refractivity contribution is -0.122. The van der Waals surface area contributed by atoms with E-state index in [-0.39, 0.29) is 18.6 Å². The molecule has 158 valence electrons. The van der Waals surface area contributed by atoms with E-state index >= 15 is 0 Å². The van der Waals surface area contributed by atoms with Gasteiger partial charge in [0.1, 0.15) is 4.32 Å². The molecule has 2 amide bonds. The quantitative estimate of drug-likeness (QED) is 0.553. The van der Waals surface area contributed by atoms with Gasteiger partial charge in [0.25, 0.3) is 11.8 Å². The minimum Gasteiger partial charge on any atom is -0.454 e. The second kappa shape index (κ2) is 8.36. The molecule has 2 aliphatic heterocycles. The van der Waals surface area contributed by atoms with Gasteiger partial charge in [-0.3, -0.25) is 14.5 Å². The molecule has 5 rings (SSSR count). The third kappa shape index (κ3) is 4.05. The average Bonchev–Trinajstić information content (AvgIpc) is 3.48. The monoisotopic (exact) mass is 452 g/mol. The van der Waals surface area contributed by atoms with Gasteiger partial charge in [-0.15, -0.1) is 0 Å². The molecule has 2 aromatic carbocycles. The second-order valence-corrected chi connectivity index (χ2v) is 9.21. The van der Waals surface area contributed by atoms with E-state index in [1.165, 1.54) is 27.8 Å². The molecule has 31 heavy (non-hydrogen) atoms. The Morgan fingerprint density at radius 1 is 1.13 bits per heavy atom. The molecule has 0 spiro atoms. The molecule has 2 heterocycles. The molecule has 1 aliphatic carbocycles. The number of nitrogens with zero attached hydrogens (tertiary/aromatic N) is 1. The molecular formula is C23H20N2O4S2. The highest BCUT2D eigenvalue weighted by Gasteiger charge is 2.31. The summed E-state index contributed by atoms with van der Waals surface area (Å²) in [5.74, 6) is 1.08. The molecule has 0 saturated carbocycles. The Morgan fingerprint density at radius 3 is 2.87 bits per heavy atom. The summed E-state index contributed by atoms with van der Waals surface area (Å²) in [6.45, 7) is 0.873. The first-order valence-electron chi connectivity index (χ1n) is 10.1. The van der Waals surface area contributed by atoms with E-state index in [0.29, 0.717) is 39.4 Å². The number of hydrogen-bond donors (Lipinski definition) is 1. The number of carbonyl (C=O) groups is 2. The van der Waals surface area contributed by atoms with Gasteiger partial charge in [-0.1, -0.05) is 36.1 Å². The van der Waals surface area contributed by atoms with Crippen LogP contribution in [0.15, 0.2) is 41.3 Å². The second-order valence-electron chi connectivity index (χ2n) is 7.54. The number of thioether (sulfide) groups is 1. The van der Waals surface area contributed by atoms with Gasteiger partial charge < -0.3 is 14.8 Å². The number of nitrogens with one attached hydrogen (secondary N) is 1. The summed E-state index contributed by atoms with van der Waals surface area (Å²) in [5, 5.41) is 2.90. The number of hydrogen-bond acceptors (Lipinski definition) is 6. The van der Waals surface area contributed by atoms with Crippen LogP contribution in [-0.2, 0) is 17.6 Å². The van der Waals surface area contributed by atoms with E-state index < -0.39 is 0 Å². The predicted molar refractivity (Wildman–Crippen MR) is 123 cm³/mol. The van der Waals surface area contributed by atoms with E-state index in [1.54, 1.807) is 6.08 Å². The Kier molecular flexibility index (Phi) is 5.41. The number of fused-ring (bicyclic) bond motifs is 2. The van der Waals surface area contributed by atoms with Gasteiger partial charge in [0, 0.05) is 18.7 Å². The number of benzene rings is 2. The van der Waals surface area contributed by atoms with Gasteiger partial charge in [0.2, 0.25) is 6.79 Å². The SMILES string of the molecule is O=C(NCCN1C(=O)C(=Cc2ccc3c(c2)OCO3)SC1=S)c1ccc2c(c1)CCC2. The summed E-state index contributed by atoms with van der Waals surface area (Å²) in [6.07, 6.45) is 5.06. The molecule has 3 aliphatic rings. The normalized spacial score (nSPS) is 18.1. The van der Waals surface area contributed by atoms with Crippen molar-refractivity contribution in [3.8, 4) is 11.5 Å². The third-order valence-electron chi connectivity index (χ3n) is 5.55. The molecule has 6 nitrogen and oxygen atoms in total. The maximum Gasteiger partial charge on any atom is 0.266 e. The molecule has 1 fully saturated rings. The van der Waals surface area contributed by atoms with Crippen molar-refractivity contribution in [2.45, 2.75) is 19.3 Å². The molecule has 8 heteroatoms. The van der Waals surface area contributed by atoms with Gasteiger partial charge in [-0.2, -0.15) is 0 Å². The van der Waals surface area contributed by atoms with Crippen molar-refractivity contribution < 1.29 is 19.1 Å². The Morgan fingerprint density at radius 2 is 1.97 bits per heavy atom. The van der Waals surface area contributed by atoms with Crippen molar-refractivity contribution in [1.29, 1.82) is 0 Å². The summed E-state index contributed by atoms with van der Waals surface area (Å²) in [6, 6.07) is 11.4. The Labute approximate surface area is 189 Å². The van der Waals surface area contributed by atoms with Crippen LogP contribution in [0.25, 0.3) is 6.08 Å². The molecular weight excluding hydrogens is 432 g/mol. The van der Waals surface area contributed by atoms with Crippen molar-refractivity contribution in [2.75, 3.05) is 19.9 Å². The van der Waals surface area contributed by atoms with Gasteiger partial charge in [-0.25, -0.2) is 0 Å². The average molecular weight is 453 g/mol. The van der Waals surface area contributed by atoms with Crippen LogP contribution < -0.4 is 14.8 Å². The largest absolute Gasteiger partial charge is 0.454 e. The molecule has 0 atom stereocenters. The summed E-state index contributed by atoms with van der Waals surface area (Å²) in [5.41, 5.74) is 4.10. The lowest BCUT2D eigenvalue weighted by atomic mass is 10.1. The number of aryl methyl sites for hydroxylation is 2. The van der Waals surface area contributed by atoms with Crippen LogP contribution >= 0.6 is 24.0 Å². The molecule has 0 bridgehead atoms. The molecule has 1 saturated heterocycles. The fourth-order valence-electron chi connectivity index (χ4n) is 3.94. The standard InChI is InChI=1S/C23H20N2O4S2/c26-21(17-6-5-15-2-1-3-16(15)12-17)24-8-9-25-22(27)20(31-23(25)30)11-14-4-7-18-19(10-14)29-13-28-18/h4-7,10-12H,1-3,8-9,13H2,(H,24,26). The zero-order valence-electron chi connectivity index (χ0n) is 16.7. The summed E-state index contributed by atoms with van der Waals surface area (Å²) in [7, 11) is 0. The minimum absolute atomic E-state index is 0.129. The topological polar surface area (TPSA) is 67.9 Å². The maximum absolute atomic E-state index is 12.8. The Hall–Kier alpha value is -2.84. The molecule has 0 unspecified atom stereocenters. The Bertz CT molecular complexity index is 1130. The lowest BCUT2D eigenvalue weighted by Crippen LogP contribution is -2.37. The zero-order valence-corrected chi connectivity index (χ0v) is 18.3. The molecule has 0 radical (unpaired) electrons. The van der Waals surface area contributed by atoms with E-state index in [9.17, 15) is 9.59 Å². The van der Waals surface area contributed by atoms with Crippen LogP contribution in [0.4, 0.5) is 0 Å². The fourth-order valence-corrected chi connectivity index (χ4v) is 5.25. The maximum atomic E-state index is 12.8. The summed E-state index contributed by atoms with van der Waals surface area (Å²) >= 11 is 6.65. The molecule has 0 aromatic heterocycles. The van der Waals surface area contributed by atoms with Crippen molar-refractivity contribution in [3.05, 3.63) is 63.6 Å².